The molecule has 0 fully saturated rings. The summed E-state index contributed by atoms with van der Waals surface area (Å²) in [6, 6.07) is 8.19. The lowest BCUT2D eigenvalue weighted by Gasteiger charge is -2.06. The third kappa shape index (κ3) is 2.86. The predicted molar refractivity (Wildman–Crippen MR) is 93.1 cm³/mol. The molecule has 0 bridgehead atoms. The van der Waals surface area contributed by atoms with E-state index in [-0.39, 0.29) is 23.9 Å². The number of anilines is 2. The highest BCUT2D eigenvalue weighted by molar-refractivity contribution is 5.64. The minimum Gasteiger partial charge on any atom is -0.443 e. The lowest BCUT2D eigenvalue weighted by atomic mass is 10.2. The third-order valence-electron chi connectivity index (χ3n) is 3.79. The Morgan fingerprint density at radius 1 is 1.15 bits per heavy atom. The molecule has 0 aliphatic carbocycles. The first-order valence-electron chi connectivity index (χ1n) is 7.71. The van der Waals surface area contributed by atoms with E-state index in [1.54, 1.807) is 28.9 Å². The second-order valence-corrected chi connectivity index (χ2v) is 5.54. The van der Waals surface area contributed by atoms with Crippen LogP contribution in [0.3, 0.4) is 0 Å². The highest BCUT2D eigenvalue weighted by atomic mass is 19.1. The lowest BCUT2D eigenvalue weighted by molar-refractivity contribution is 0.553. The highest BCUT2D eigenvalue weighted by Crippen LogP contribution is 2.25. The normalized spacial score (nSPS) is 11.0. The highest BCUT2D eigenvalue weighted by Gasteiger charge is 2.18. The number of rotatable bonds is 4. The first kappa shape index (κ1) is 15.8. The molecule has 0 aliphatic rings. The van der Waals surface area contributed by atoms with Crippen molar-refractivity contribution < 1.29 is 8.81 Å². The summed E-state index contributed by atoms with van der Waals surface area (Å²) in [4.78, 5) is 12.4. The van der Waals surface area contributed by atoms with Crippen LogP contribution in [-0.2, 0) is 6.54 Å². The fraction of sp³-hybridized carbons (Fsp3) is 0.0588. The van der Waals surface area contributed by atoms with Crippen LogP contribution in [-0.4, -0.2) is 24.7 Å². The molecular formula is C17H14FN7O. The first-order chi connectivity index (χ1) is 12.6. The molecule has 9 heteroatoms. The molecule has 1 aromatic carbocycles. The van der Waals surface area contributed by atoms with Gasteiger partial charge in [0.05, 0.1) is 24.6 Å². The van der Waals surface area contributed by atoms with Gasteiger partial charge in [-0.25, -0.2) is 19.3 Å². The van der Waals surface area contributed by atoms with Crippen molar-refractivity contribution >= 4 is 11.5 Å². The Labute approximate surface area is 147 Å². The van der Waals surface area contributed by atoms with Gasteiger partial charge in [-0.15, -0.1) is 0 Å². The van der Waals surface area contributed by atoms with Gasteiger partial charge in [-0.2, -0.15) is 5.10 Å². The topological polar surface area (TPSA) is 122 Å². The van der Waals surface area contributed by atoms with Gasteiger partial charge >= 0.3 is 0 Å². The molecule has 0 saturated carbocycles. The minimum absolute atomic E-state index is 0.163. The second kappa shape index (κ2) is 6.28. The molecule has 4 N–H and O–H groups in total. The zero-order valence-electron chi connectivity index (χ0n) is 13.5. The van der Waals surface area contributed by atoms with Gasteiger partial charge < -0.3 is 15.9 Å². The monoisotopic (exact) mass is 351 g/mol. The summed E-state index contributed by atoms with van der Waals surface area (Å²) >= 11 is 0. The van der Waals surface area contributed by atoms with Gasteiger partial charge in [0.2, 0.25) is 5.89 Å². The van der Waals surface area contributed by atoms with Crippen molar-refractivity contribution in [2.24, 2.45) is 0 Å². The Hall–Kier alpha value is -3.75. The molecular weight excluding hydrogens is 337 g/mol. The van der Waals surface area contributed by atoms with Crippen molar-refractivity contribution in [3.05, 3.63) is 60.4 Å². The van der Waals surface area contributed by atoms with Crippen LogP contribution in [0, 0.1) is 5.82 Å². The largest absolute Gasteiger partial charge is 0.443 e. The maximum Gasteiger partial charge on any atom is 0.244 e. The molecule has 3 heterocycles. The number of aromatic nitrogens is 5. The number of hydrogen-bond acceptors (Lipinski definition) is 7. The van der Waals surface area contributed by atoms with E-state index < -0.39 is 0 Å². The molecule has 26 heavy (non-hydrogen) atoms. The average Bonchev–Trinajstić information content (AvgIpc) is 3.29. The summed E-state index contributed by atoms with van der Waals surface area (Å²) in [6.07, 6.45) is 4.39. The Bertz CT molecular complexity index is 1060. The Balaban J connectivity index is 1.80. The predicted octanol–water partition coefficient (Wildman–Crippen LogP) is 2.35. The van der Waals surface area contributed by atoms with Gasteiger partial charge in [-0.1, -0.05) is 18.2 Å². The molecule has 0 amide bonds. The van der Waals surface area contributed by atoms with Crippen molar-refractivity contribution in [3.63, 3.8) is 0 Å². The molecule has 4 aromatic rings. The second-order valence-electron chi connectivity index (χ2n) is 5.54. The number of nitrogen functional groups attached to an aromatic ring is 2. The maximum absolute atomic E-state index is 14.0. The number of halogens is 1. The molecule has 3 aromatic heterocycles. The molecule has 0 atom stereocenters. The summed E-state index contributed by atoms with van der Waals surface area (Å²) in [5, 5.41) is 4.47. The van der Waals surface area contributed by atoms with E-state index in [4.69, 9.17) is 15.9 Å². The Morgan fingerprint density at radius 3 is 2.73 bits per heavy atom. The van der Waals surface area contributed by atoms with E-state index in [1.165, 1.54) is 24.7 Å². The fourth-order valence-electron chi connectivity index (χ4n) is 2.48. The standard InChI is InChI=1S/C17H14FN7O/c18-11-4-2-1-3-10(11)9-25-14(17-21-5-6-26-17)7-13(24-25)16-22-8-12(19)15(20)23-16/h1-8H,9,19H2,(H2,20,22,23). The summed E-state index contributed by atoms with van der Waals surface area (Å²) in [6.45, 7) is 0.189. The molecule has 0 saturated heterocycles. The smallest absolute Gasteiger partial charge is 0.244 e. The number of hydrogen-bond donors (Lipinski definition) is 2. The minimum atomic E-state index is -0.323. The van der Waals surface area contributed by atoms with Crippen LogP contribution in [0.15, 0.2) is 53.4 Å². The molecule has 4 rings (SSSR count). The first-order valence-corrected chi connectivity index (χ1v) is 7.71. The lowest BCUT2D eigenvalue weighted by Crippen LogP contribution is -2.06. The van der Waals surface area contributed by atoms with E-state index in [0.29, 0.717) is 28.7 Å². The Morgan fingerprint density at radius 2 is 2.00 bits per heavy atom. The summed E-state index contributed by atoms with van der Waals surface area (Å²) in [5.74, 6) is 0.493. The molecule has 8 nitrogen and oxygen atoms in total. The maximum atomic E-state index is 14.0. The average molecular weight is 351 g/mol. The van der Waals surface area contributed by atoms with E-state index in [2.05, 4.69) is 20.1 Å². The summed E-state index contributed by atoms with van der Waals surface area (Å²) < 4.78 is 21.0. The quantitative estimate of drug-likeness (QED) is 0.578. The van der Waals surface area contributed by atoms with E-state index in [1.807, 2.05) is 0 Å². The van der Waals surface area contributed by atoms with E-state index >= 15 is 0 Å². The van der Waals surface area contributed by atoms with Gasteiger partial charge in [0.1, 0.15) is 23.5 Å². The number of nitrogens with zero attached hydrogens (tertiary/aromatic N) is 5. The van der Waals surface area contributed by atoms with Gasteiger partial charge in [0.15, 0.2) is 11.6 Å². The van der Waals surface area contributed by atoms with Gasteiger partial charge in [-0.3, -0.25) is 4.68 Å². The van der Waals surface area contributed by atoms with Crippen molar-refractivity contribution in [1.29, 1.82) is 0 Å². The number of nitrogens with two attached hydrogens (primary N) is 2. The van der Waals surface area contributed by atoms with Gasteiger partial charge in [-0.05, 0) is 6.07 Å². The van der Waals surface area contributed by atoms with Crippen LogP contribution in [0.1, 0.15) is 5.56 Å². The number of benzene rings is 1. The van der Waals surface area contributed by atoms with Crippen molar-refractivity contribution in [1.82, 2.24) is 24.7 Å². The van der Waals surface area contributed by atoms with Crippen LogP contribution in [0.25, 0.3) is 23.1 Å². The van der Waals surface area contributed by atoms with Crippen LogP contribution < -0.4 is 11.5 Å². The van der Waals surface area contributed by atoms with Gasteiger partial charge in [0, 0.05) is 11.6 Å². The van der Waals surface area contributed by atoms with Gasteiger partial charge in [0.25, 0.3) is 0 Å². The molecule has 0 spiro atoms. The molecule has 0 radical (unpaired) electrons. The zero-order valence-corrected chi connectivity index (χ0v) is 13.5. The van der Waals surface area contributed by atoms with Crippen LogP contribution in [0.5, 0.6) is 0 Å². The summed E-state index contributed by atoms with van der Waals surface area (Å²) in [5.41, 5.74) is 13.2. The van der Waals surface area contributed by atoms with Crippen LogP contribution in [0.4, 0.5) is 15.9 Å². The van der Waals surface area contributed by atoms with Crippen molar-refractivity contribution in [2.45, 2.75) is 6.54 Å². The number of oxazole rings is 1. The SMILES string of the molecule is Nc1cnc(-c2cc(-c3ncco3)n(Cc3ccccc3F)n2)nc1N. The van der Waals surface area contributed by atoms with E-state index in [0.717, 1.165) is 0 Å². The summed E-state index contributed by atoms with van der Waals surface area (Å²) in [7, 11) is 0. The Kier molecular flexibility index (Phi) is 3.81. The zero-order chi connectivity index (χ0) is 18.1. The van der Waals surface area contributed by atoms with Crippen molar-refractivity contribution in [2.75, 3.05) is 11.5 Å². The van der Waals surface area contributed by atoms with Crippen LogP contribution in [0.2, 0.25) is 0 Å². The molecule has 0 aliphatic heterocycles. The molecule has 130 valence electrons. The van der Waals surface area contributed by atoms with Crippen LogP contribution >= 0.6 is 0 Å². The third-order valence-corrected chi connectivity index (χ3v) is 3.79. The molecule has 0 unspecified atom stereocenters. The fourth-order valence-corrected chi connectivity index (χ4v) is 2.48. The van der Waals surface area contributed by atoms with Crippen molar-refractivity contribution in [3.8, 4) is 23.1 Å². The van der Waals surface area contributed by atoms with E-state index in [9.17, 15) is 4.39 Å².